The Hall–Kier alpha value is -2.52. The number of thiocarbonyl (C=S) groups is 1. The van der Waals surface area contributed by atoms with Crippen molar-refractivity contribution in [3.8, 4) is 5.75 Å². The first-order valence-electron chi connectivity index (χ1n) is 8.97. The molecule has 2 N–H and O–H groups in total. The lowest BCUT2D eigenvalue weighted by molar-refractivity contribution is -0.384. The lowest BCUT2D eigenvalue weighted by atomic mass is 10.1. The molecule has 0 aliphatic rings. The molecule has 2 aromatic carbocycles. The lowest BCUT2D eigenvalue weighted by Crippen LogP contribution is -2.34. The van der Waals surface area contributed by atoms with Gasteiger partial charge in [-0.05, 0) is 71.2 Å². The van der Waals surface area contributed by atoms with Gasteiger partial charge in [-0.25, -0.2) is 0 Å². The Morgan fingerprint density at radius 2 is 2.00 bits per heavy atom. The smallest absolute Gasteiger partial charge is 0.271 e. The maximum absolute atomic E-state index is 12.5. The molecule has 2 aromatic rings. The van der Waals surface area contributed by atoms with Crippen molar-refractivity contribution in [2.75, 3.05) is 11.9 Å². The molecule has 7 nitrogen and oxygen atoms in total. The van der Waals surface area contributed by atoms with E-state index < -0.39 is 10.8 Å². The van der Waals surface area contributed by atoms with Crippen LogP contribution in [-0.4, -0.2) is 22.5 Å². The summed E-state index contributed by atoms with van der Waals surface area (Å²) in [5.74, 6) is 0.803. The summed E-state index contributed by atoms with van der Waals surface area (Å²) in [6.45, 7) is 6.62. The third kappa shape index (κ3) is 6.79. The number of nitro groups is 1. The second-order valence-corrected chi connectivity index (χ2v) is 8.10. The fourth-order valence-electron chi connectivity index (χ4n) is 2.35. The summed E-state index contributed by atoms with van der Waals surface area (Å²) in [4.78, 5) is 22.9. The van der Waals surface area contributed by atoms with Gasteiger partial charge < -0.3 is 10.1 Å². The molecule has 1 amide bonds. The average molecular weight is 480 g/mol. The van der Waals surface area contributed by atoms with Crippen molar-refractivity contribution in [3.05, 3.63) is 62.1 Å². The highest BCUT2D eigenvalue weighted by Crippen LogP contribution is 2.26. The minimum Gasteiger partial charge on any atom is -0.492 e. The van der Waals surface area contributed by atoms with Gasteiger partial charge in [0.1, 0.15) is 5.75 Å². The highest BCUT2D eigenvalue weighted by molar-refractivity contribution is 9.10. The van der Waals surface area contributed by atoms with Gasteiger partial charge >= 0.3 is 0 Å². The number of hydrogen-bond acceptors (Lipinski definition) is 5. The zero-order valence-corrected chi connectivity index (χ0v) is 18.7. The number of aryl methyl sites for hydroxylation is 1. The SMILES string of the molecule is Cc1ccc([N+](=O)[O-])cc1NC(=S)NC(=O)c1ccc(OCCC(C)C)c(Br)c1. The summed E-state index contributed by atoms with van der Waals surface area (Å²) in [7, 11) is 0. The summed E-state index contributed by atoms with van der Waals surface area (Å²) >= 11 is 8.59. The van der Waals surface area contributed by atoms with E-state index in [1.165, 1.54) is 12.1 Å². The van der Waals surface area contributed by atoms with E-state index in [4.69, 9.17) is 17.0 Å². The van der Waals surface area contributed by atoms with Crippen LogP contribution in [0.1, 0.15) is 36.2 Å². The standard InChI is InChI=1S/C20H22BrN3O4S/c1-12(2)8-9-28-18-7-5-14(10-16(18)21)19(25)23-20(29)22-17-11-15(24(26)27)6-4-13(17)3/h4-7,10-12H,8-9H2,1-3H3,(H2,22,23,25,29). The number of amides is 1. The molecule has 0 saturated heterocycles. The number of ether oxygens (including phenoxy) is 1. The first kappa shape index (κ1) is 22.8. The number of nitro benzene ring substituents is 1. The van der Waals surface area contributed by atoms with Crippen LogP contribution in [-0.2, 0) is 0 Å². The molecule has 29 heavy (non-hydrogen) atoms. The van der Waals surface area contributed by atoms with Crippen LogP contribution in [0.25, 0.3) is 0 Å². The van der Waals surface area contributed by atoms with Gasteiger partial charge in [0.05, 0.1) is 16.0 Å². The van der Waals surface area contributed by atoms with E-state index in [1.54, 1.807) is 31.2 Å². The van der Waals surface area contributed by atoms with Gasteiger partial charge in [0.25, 0.3) is 11.6 Å². The van der Waals surface area contributed by atoms with Gasteiger partial charge in [0.2, 0.25) is 0 Å². The normalized spacial score (nSPS) is 10.5. The van der Waals surface area contributed by atoms with Crippen molar-refractivity contribution in [3.63, 3.8) is 0 Å². The Kier molecular flexibility index (Phi) is 8.10. The summed E-state index contributed by atoms with van der Waals surface area (Å²) in [5.41, 5.74) is 1.55. The van der Waals surface area contributed by atoms with Gasteiger partial charge in [-0.1, -0.05) is 19.9 Å². The minimum absolute atomic E-state index is 0.0481. The highest BCUT2D eigenvalue weighted by Gasteiger charge is 2.13. The van der Waals surface area contributed by atoms with Crippen molar-refractivity contribution in [2.45, 2.75) is 27.2 Å². The average Bonchev–Trinajstić information content (AvgIpc) is 2.64. The van der Waals surface area contributed by atoms with Crippen LogP contribution in [0.4, 0.5) is 11.4 Å². The van der Waals surface area contributed by atoms with E-state index in [2.05, 4.69) is 40.4 Å². The van der Waals surface area contributed by atoms with Gasteiger partial charge in [0.15, 0.2) is 5.11 Å². The van der Waals surface area contributed by atoms with Crippen molar-refractivity contribution < 1.29 is 14.5 Å². The zero-order chi connectivity index (χ0) is 21.6. The third-order valence-corrected chi connectivity index (χ3v) is 4.88. The molecule has 0 heterocycles. The van der Waals surface area contributed by atoms with Gasteiger partial charge in [-0.2, -0.15) is 0 Å². The summed E-state index contributed by atoms with van der Waals surface area (Å²) in [6, 6.07) is 9.41. The first-order chi connectivity index (χ1) is 13.7. The topological polar surface area (TPSA) is 93.5 Å². The zero-order valence-electron chi connectivity index (χ0n) is 16.3. The van der Waals surface area contributed by atoms with Crippen molar-refractivity contribution in [1.29, 1.82) is 0 Å². The molecule has 0 radical (unpaired) electrons. The third-order valence-electron chi connectivity index (χ3n) is 4.05. The van der Waals surface area contributed by atoms with Crippen LogP contribution >= 0.6 is 28.1 Å². The van der Waals surface area contributed by atoms with Crippen LogP contribution < -0.4 is 15.4 Å². The van der Waals surface area contributed by atoms with Crippen LogP contribution in [0, 0.1) is 23.0 Å². The minimum atomic E-state index is -0.492. The maximum Gasteiger partial charge on any atom is 0.271 e. The van der Waals surface area contributed by atoms with E-state index in [0.717, 1.165) is 12.0 Å². The Morgan fingerprint density at radius 1 is 1.28 bits per heavy atom. The van der Waals surface area contributed by atoms with Crippen LogP contribution in [0.15, 0.2) is 40.9 Å². The van der Waals surface area contributed by atoms with E-state index in [1.807, 2.05) is 0 Å². The van der Waals surface area contributed by atoms with Crippen LogP contribution in [0.3, 0.4) is 0 Å². The van der Waals surface area contributed by atoms with Crippen molar-refractivity contribution in [1.82, 2.24) is 5.32 Å². The number of benzene rings is 2. The fraction of sp³-hybridized carbons (Fsp3) is 0.300. The Bertz CT molecular complexity index is 934. The number of halogens is 1. The lowest BCUT2D eigenvalue weighted by Gasteiger charge is -2.13. The Morgan fingerprint density at radius 3 is 2.62 bits per heavy atom. The molecule has 0 aromatic heterocycles. The molecule has 0 spiro atoms. The quantitative estimate of drug-likeness (QED) is 0.321. The molecule has 0 fully saturated rings. The van der Waals surface area contributed by atoms with Crippen molar-refractivity contribution >= 4 is 50.5 Å². The monoisotopic (exact) mass is 479 g/mol. The summed E-state index contributed by atoms with van der Waals surface area (Å²) in [5, 5.41) is 16.4. The number of anilines is 1. The molecule has 0 atom stereocenters. The summed E-state index contributed by atoms with van der Waals surface area (Å²) in [6.07, 6.45) is 0.936. The van der Waals surface area contributed by atoms with E-state index in [-0.39, 0.29) is 10.8 Å². The molecule has 0 unspecified atom stereocenters. The van der Waals surface area contributed by atoms with E-state index >= 15 is 0 Å². The molecular weight excluding hydrogens is 458 g/mol. The molecule has 154 valence electrons. The molecule has 9 heteroatoms. The number of non-ortho nitro benzene ring substituents is 1. The largest absolute Gasteiger partial charge is 0.492 e. The van der Waals surface area contributed by atoms with Gasteiger partial charge in [-0.15, -0.1) is 0 Å². The summed E-state index contributed by atoms with van der Waals surface area (Å²) < 4.78 is 6.38. The van der Waals surface area contributed by atoms with Crippen LogP contribution in [0.2, 0.25) is 0 Å². The van der Waals surface area contributed by atoms with Crippen LogP contribution in [0.5, 0.6) is 5.75 Å². The fourth-order valence-corrected chi connectivity index (χ4v) is 3.05. The van der Waals surface area contributed by atoms with Gasteiger partial charge in [-0.3, -0.25) is 20.2 Å². The molecule has 0 aliphatic heterocycles. The van der Waals surface area contributed by atoms with Gasteiger partial charge in [0, 0.05) is 23.4 Å². The molecule has 0 saturated carbocycles. The number of rotatable bonds is 7. The van der Waals surface area contributed by atoms with E-state index in [0.29, 0.717) is 34.0 Å². The molecular formula is C20H22BrN3O4S. The highest BCUT2D eigenvalue weighted by atomic mass is 79.9. The predicted octanol–water partition coefficient (Wildman–Crippen LogP) is 5.22. The van der Waals surface area contributed by atoms with Crippen molar-refractivity contribution in [2.24, 2.45) is 5.92 Å². The number of hydrogen-bond donors (Lipinski definition) is 2. The molecule has 0 bridgehead atoms. The first-order valence-corrected chi connectivity index (χ1v) is 10.2. The maximum atomic E-state index is 12.5. The predicted molar refractivity (Wildman–Crippen MR) is 121 cm³/mol. The second-order valence-electron chi connectivity index (χ2n) is 6.84. The number of carbonyl (C=O) groups is 1. The second kappa shape index (κ2) is 10.3. The molecule has 0 aliphatic carbocycles. The number of nitrogens with zero attached hydrogens (tertiary/aromatic N) is 1. The molecule has 2 rings (SSSR count). The number of nitrogens with one attached hydrogen (secondary N) is 2. The Balaban J connectivity index is 2.01. The number of carbonyl (C=O) groups excluding carboxylic acids is 1. The van der Waals surface area contributed by atoms with E-state index in [9.17, 15) is 14.9 Å². The Labute approximate surface area is 183 Å².